The van der Waals surface area contributed by atoms with Gasteiger partial charge in [0, 0.05) is 42.8 Å². The van der Waals surface area contributed by atoms with Gasteiger partial charge >= 0.3 is 0 Å². The Balaban J connectivity index is 1.51. The number of nitrogens with one attached hydrogen (secondary N) is 1. The highest BCUT2D eigenvalue weighted by Crippen LogP contribution is 2.26. The summed E-state index contributed by atoms with van der Waals surface area (Å²) in [6.45, 7) is 7.50. The molecule has 0 radical (unpaired) electrons. The summed E-state index contributed by atoms with van der Waals surface area (Å²) in [5.41, 5.74) is 1.40. The first-order chi connectivity index (χ1) is 11.8. The van der Waals surface area contributed by atoms with Crippen molar-refractivity contribution in [2.24, 2.45) is 0 Å². The van der Waals surface area contributed by atoms with Crippen LogP contribution in [0.2, 0.25) is 5.02 Å². The monoisotopic (exact) mass is 349 g/mol. The van der Waals surface area contributed by atoms with Gasteiger partial charge in [-0.15, -0.1) is 0 Å². The van der Waals surface area contributed by atoms with E-state index in [4.69, 9.17) is 16.3 Å². The molecule has 0 bridgehead atoms. The highest BCUT2D eigenvalue weighted by atomic mass is 35.5. The molecular weight excluding hydrogens is 322 g/mol. The lowest BCUT2D eigenvalue weighted by Crippen LogP contribution is -2.65. The fourth-order valence-corrected chi connectivity index (χ4v) is 4.65. The topological polar surface area (TPSA) is 27.7 Å². The van der Waals surface area contributed by atoms with E-state index in [1.165, 1.54) is 24.9 Å². The molecule has 4 rings (SSSR count). The molecule has 1 N–H and O–H groups in total. The molecule has 0 aromatic heterocycles. The van der Waals surface area contributed by atoms with Crippen LogP contribution in [0.15, 0.2) is 24.3 Å². The fourth-order valence-electron chi connectivity index (χ4n) is 4.53. The first-order valence-electron chi connectivity index (χ1n) is 9.32. The number of hydrogen-bond acceptors (Lipinski definition) is 4. The van der Waals surface area contributed by atoms with Crippen molar-refractivity contribution in [3.05, 3.63) is 34.9 Å². The van der Waals surface area contributed by atoms with Crippen LogP contribution < -0.4 is 5.32 Å². The Hall–Kier alpha value is -0.650. The highest BCUT2D eigenvalue weighted by Gasteiger charge is 2.38. The lowest BCUT2D eigenvalue weighted by atomic mass is 9.94. The number of nitrogens with zero attached hydrogens (tertiary/aromatic N) is 2. The molecule has 3 heterocycles. The number of morpholine rings is 1. The van der Waals surface area contributed by atoms with E-state index in [1.807, 2.05) is 12.1 Å². The molecule has 1 aromatic rings. The first-order valence-corrected chi connectivity index (χ1v) is 9.70. The molecule has 1 aromatic carbocycles. The number of piperidine rings is 1. The Bertz CT molecular complexity index is 532. The molecule has 0 aliphatic carbocycles. The number of hydrogen-bond donors (Lipinski definition) is 1. The normalized spacial score (nSPS) is 30.2. The van der Waals surface area contributed by atoms with Gasteiger partial charge in [0.25, 0.3) is 0 Å². The van der Waals surface area contributed by atoms with Gasteiger partial charge in [-0.3, -0.25) is 9.80 Å². The Morgan fingerprint density at radius 3 is 2.67 bits per heavy atom. The molecule has 0 spiro atoms. The summed E-state index contributed by atoms with van der Waals surface area (Å²) in [4.78, 5) is 5.45. The van der Waals surface area contributed by atoms with Crippen molar-refractivity contribution in [2.45, 2.75) is 37.4 Å². The predicted octanol–water partition coefficient (Wildman–Crippen LogP) is 2.02. The zero-order chi connectivity index (χ0) is 16.4. The van der Waals surface area contributed by atoms with Crippen LogP contribution in [-0.4, -0.2) is 73.9 Å². The van der Waals surface area contributed by atoms with Crippen LogP contribution in [-0.2, 0) is 11.2 Å². The van der Waals surface area contributed by atoms with E-state index < -0.39 is 0 Å². The largest absolute Gasteiger partial charge is 0.378 e. The molecule has 3 saturated heterocycles. The lowest BCUT2D eigenvalue weighted by molar-refractivity contribution is -0.0771. The number of ether oxygens (including phenoxy) is 1. The Labute approximate surface area is 150 Å². The predicted molar refractivity (Wildman–Crippen MR) is 97.7 cm³/mol. The van der Waals surface area contributed by atoms with Crippen LogP contribution in [0.1, 0.15) is 18.4 Å². The van der Waals surface area contributed by atoms with E-state index in [0.29, 0.717) is 18.1 Å². The summed E-state index contributed by atoms with van der Waals surface area (Å²) < 4.78 is 5.75. The third kappa shape index (κ3) is 3.78. The van der Waals surface area contributed by atoms with E-state index in [0.717, 1.165) is 50.8 Å². The van der Waals surface area contributed by atoms with Crippen molar-refractivity contribution in [3.63, 3.8) is 0 Å². The molecule has 2 unspecified atom stereocenters. The summed E-state index contributed by atoms with van der Waals surface area (Å²) in [7, 11) is 0. The molecule has 3 fully saturated rings. The van der Waals surface area contributed by atoms with Crippen LogP contribution in [0.5, 0.6) is 0 Å². The zero-order valence-corrected chi connectivity index (χ0v) is 15.0. The first kappa shape index (κ1) is 16.8. The highest BCUT2D eigenvalue weighted by molar-refractivity contribution is 6.30. The number of rotatable bonds is 3. The number of halogens is 1. The second-order valence-electron chi connectivity index (χ2n) is 7.39. The molecule has 0 saturated carbocycles. The SMILES string of the molecule is Clc1ccc(CC2CN3CCOCC3CN2C2CCNCC2)cc1. The van der Waals surface area contributed by atoms with Gasteiger partial charge in [-0.1, -0.05) is 23.7 Å². The summed E-state index contributed by atoms with van der Waals surface area (Å²) in [5, 5.41) is 4.33. The lowest BCUT2D eigenvalue weighted by Gasteiger charge is -2.51. The van der Waals surface area contributed by atoms with Gasteiger partial charge in [-0.2, -0.15) is 0 Å². The van der Waals surface area contributed by atoms with Gasteiger partial charge in [0.2, 0.25) is 0 Å². The van der Waals surface area contributed by atoms with Gasteiger partial charge in [-0.25, -0.2) is 0 Å². The van der Waals surface area contributed by atoms with Crippen molar-refractivity contribution < 1.29 is 4.74 Å². The molecule has 0 amide bonds. The van der Waals surface area contributed by atoms with Gasteiger partial charge in [0.1, 0.15) is 0 Å². The van der Waals surface area contributed by atoms with Crippen molar-refractivity contribution in [1.29, 1.82) is 0 Å². The quantitative estimate of drug-likeness (QED) is 0.903. The molecule has 3 aliphatic heterocycles. The average molecular weight is 350 g/mol. The fraction of sp³-hybridized carbons (Fsp3) is 0.684. The van der Waals surface area contributed by atoms with Crippen LogP contribution in [0.3, 0.4) is 0 Å². The van der Waals surface area contributed by atoms with Crippen molar-refractivity contribution in [1.82, 2.24) is 15.1 Å². The van der Waals surface area contributed by atoms with Crippen molar-refractivity contribution in [3.8, 4) is 0 Å². The molecule has 3 aliphatic rings. The number of piperazine rings is 1. The van der Waals surface area contributed by atoms with Crippen LogP contribution >= 0.6 is 11.6 Å². The van der Waals surface area contributed by atoms with E-state index >= 15 is 0 Å². The third-order valence-corrected chi connectivity index (χ3v) is 6.10. The zero-order valence-electron chi connectivity index (χ0n) is 14.3. The molecule has 5 heteroatoms. The van der Waals surface area contributed by atoms with Gasteiger partial charge in [0.15, 0.2) is 0 Å². The van der Waals surface area contributed by atoms with E-state index in [-0.39, 0.29) is 0 Å². The summed E-state index contributed by atoms with van der Waals surface area (Å²) in [5.74, 6) is 0. The van der Waals surface area contributed by atoms with Crippen molar-refractivity contribution in [2.75, 3.05) is 45.9 Å². The molecule has 24 heavy (non-hydrogen) atoms. The Morgan fingerprint density at radius 1 is 1.08 bits per heavy atom. The van der Waals surface area contributed by atoms with Crippen LogP contribution in [0.4, 0.5) is 0 Å². The summed E-state index contributed by atoms with van der Waals surface area (Å²) >= 11 is 6.06. The van der Waals surface area contributed by atoms with Crippen molar-refractivity contribution >= 4 is 11.6 Å². The summed E-state index contributed by atoms with van der Waals surface area (Å²) in [6.07, 6.45) is 3.65. The van der Waals surface area contributed by atoms with Gasteiger partial charge in [-0.05, 0) is 50.0 Å². The van der Waals surface area contributed by atoms with E-state index in [9.17, 15) is 0 Å². The number of benzene rings is 1. The molecule has 4 nitrogen and oxygen atoms in total. The minimum atomic E-state index is 0.579. The third-order valence-electron chi connectivity index (χ3n) is 5.85. The Kier molecular flexibility index (Phi) is 5.40. The van der Waals surface area contributed by atoms with E-state index in [1.54, 1.807) is 0 Å². The standard InChI is InChI=1S/C19H28ClN3O/c20-16-3-1-15(2-4-16)11-18-12-22-9-10-24-14-19(22)13-23(18)17-5-7-21-8-6-17/h1-4,17-19,21H,5-14H2. The van der Waals surface area contributed by atoms with Gasteiger partial charge < -0.3 is 10.1 Å². The Morgan fingerprint density at radius 2 is 1.88 bits per heavy atom. The maximum atomic E-state index is 6.06. The maximum Gasteiger partial charge on any atom is 0.0634 e. The average Bonchev–Trinajstić information content (AvgIpc) is 2.64. The molecule has 2 atom stereocenters. The molecule has 132 valence electrons. The minimum absolute atomic E-state index is 0.579. The second kappa shape index (κ2) is 7.71. The van der Waals surface area contributed by atoms with Crippen LogP contribution in [0, 0.1) is 0 Å². The maximum absolute atomic E-state index is 6.06. The van der Waals surface area contributed by atoms with E-state index in [2.05, 4.69) is 27.2 Å². The molecular formula is C19H28ClN3O. The smallest absolute Gasteiger partial charge is 0.0634 e. The number of fused-ring (bicyclic) bond motifs is 1. The summed E-state index contributed by atoms with van der Waals surface area (Å²) in [6, 6.07) is 10.3. The second-order valence-corrected chi connectivity index (χ2v) is 7.82. The van der Waals surface area contributed by atoms with Gasteiger partial charge in [0.05, 0.1) is 13.2 Å². The minimum Gasteiger partial charge on any atom is -0.378 e. The van der Waals surface area contributed by atoms with Crippen LogP contribution in [0.25, 0.3) is 0 Å².